The topological polar surface area (TPSA) is 109 Å². The number of nitrogens with two attached hydrogens (primary N) is 1. The molecule has 0 saturated carbocycles. The van der Waals surface area contributed by atoms with Crippen LogP contribution in [0.5, 0.6) is 0 Å². The van der Waals surface area contributed by atoms with Crippen LogP contribution in [0.25, 0.3) is 0 Å². The first-order valence-electron chi connectivity index (χ1n) is 9.52. The molecule has 166 valence electrons. The van der Waals surface area contributed by atoms with Crippen LogP contribution in [0, 0.1) is 0 Å². The zero-order chi connectivity index (χ0) is 22.9. The molecule has 0 atom stereocenters. The summed E-state index contributed by atoms with van der Waals surface area (Å²) in [5, 5.41) is 8.54. The van der Waals surface area contributed by atoms with Gasteiger partial charge in [-0.05, 0) is 42.3 Å². The molecule has 5 N–H and O–H groups in total. The molecule has 2 rings (SSSR count). The Labute approximate surface area is 177 Å². The summed E-state index contributed by atoms with van der Waals surface area (Å²) in [5.74, 6) is -0.523. The maximum atomic E-state index is 12.6. The summed E-state index contributed by atoms with van der Waals surface area (Å²) >= 11 is 0. The highest BCUT2D eigenvalue weighted by Gasteiger charge is 2.29. The van der Waals surface area contributed by atoms with Gasteiger partial charge in [-0.2, -0.15) is 13.2 Å². The Kier molecular flexibility index (Phi) is 8.42. The van der Waals surface area contributed by atoms with Crippen LogP contribution in [0.15, 0.2) is 53.5 Å². The lowest BCUT2D eigenvalue weighted by atomic mass is 10.1. The molecule has 0 fully saturated rings. The molecular formula is C21H24F3N5O2. The summed E-state index contributed by atoms with van der Waals surface area (Å²) in [6.45, 7) is 2.91. The average Bonchev–Trinajstić information content (AvgIpc) is 2.74. The minimum Gasteiger partial charge on any atom is -0.368 e. The lowest BCUT2D eigenvalue weighted by molar-refractivity contribution is -0.137. The number of nitrogens with one attached hydrogen (secondary N) is 3. The third-order valence-electron chi connectivity index (χ3n) is 4.14. The molecule has 0 heterocycles. The molecule has 7 nitrogen and oxygen atoms in total. The number of rotatable bonds is 8. The predicted octanol–water partition coefficient (Wildman–Crippen LogP) is 2.18. The summed E-state index contributed by atoms with van der Waals surface area (Å²) in [5.41, 5.74) is 6.23. The Morgan fingerprint density at radius 3 is 2.10 bits per heavy atom. The Bertz CT molecular complexity index is 910. The van der Waals surface area contributed by atoms with E-state index in [-0.39, 0.29) is 6.54 Å². The predicted molar refractivity (Wildman–Crippen MR) is 111 cm³/mol. The normalized spacial score (nSPS) is 11.7. The third kappa shape index (κ3) is 8.00. The smallest absolute Gasteiger partial charge is 0.368 e. The van der Waals surface area contributed by atoms with Crippen LogP contribution in [0.1, 0.15) is 34.0 Å². The molecule has 31 heavy (non-hydrogen) atoms. The van der Waals surface area contributed by atoms with Crippen molar-refractivity contribution < 1.29 is 22.8 Å². The third-order valence-corrected chi connectivity index (χ3v) is 4.14. The quantitative estimate of drug-likeness (QED) is 0.376. The van der Waals surface area contributed by atoms with Crippen molar-refractivity contribution in [2.45, 2.75) is 26.2 Å². The molecule has 0 aliphatic carbocycles. The maximum Gasteiger partial charge on any atom is 0.416 e. The molecule has 0 aromatic heterocycles. The highest BCUT2D eigenvalue weighted by atomic mass is 19.4. The highest BCUT2D eigenvalue weighted by molar-refractivity contribution is 5.96. The van der Waals surface area contributed by atoms with E-state index in [0.29, 0.717) is 36.7 Å². The highest BCUT2D eigenvalue weighted by Crippen LogP contribution is 2.29. The molecule has 10 heteroatoms. The van der Waals surface area contributed by atoms with E-state index in [4.69, 9.17) is 5.73 Å². The number of guanidine groups is 1. The van der Waals surface area contributed by atoms with Crippen LogP contribution in [0.3, 0.4) is 0 Å². The van der Waals surface area contributed by atoms with Crippen LogP contribution in [0.2, 0.25) is 0 Å². The molecule has 0 radical (unpaired) electrons. The number of carbonyl (C=O) groups is 2. The molecular weight excluding hydrogens is 411 g/mol. The summed E-state index contributed by atoms with van der Waals surface area (Å²) < 4.78 is 37.9. The van der Waals surface area contributed by atoms with Gasteiger partial charge >= 0.3 is 6.18 Å². The van der Waals surface area contributed by atoms with E-state index < -0.39 is 23.6 Å². The van der Waals surface area contributed by atoms with Crippen molar-refractivity contribution in [2.75, 3.05) is 13.1 Å². The van der Waals surface area contributed by atoms with Gasteiger partial charge in [0, 0.05) is 18.7 Å². The van der Waals surface area contributed by atoms with Gasteiger partial charge in [-0.15, -0.1) is 0 Å². The van der Waals surface area contributed by atoms with Gasteiger partial charge in [0.2, 0.25) is 5.91 Å². The fraction of sp³-hybridized carbons (Fsp3) is 0.286. The molecule has 2 aromatic carbocycles. The van der Waals surface area contributed by atoms with Crippen LogP contribution in [-0.2, 0) is 24.1 Å². The summed E-state index contributed by atoms with van der Waals surface area (Å²) in [6.07, 6.45) is -4.36. The largest absolute Gasteiger partial charge is 0.416 e. The molecule has 0 unspecified atom stereocenters. The second-order valence-corrected chi connectivity index (χ2v) is 6.59. The van der Waals surface area contributed by atoms with E-state index in [2.05, 4.69) is 20.9 Å². The maximum absolute atomic E-state index is 12.6. The first-order valence-corrected chi connectivity index (χ1v) is 9.52. The van der Waals surface area contributed by atoms with Crippen LogP contribution in [-0.4, -0.2) is 30.9 Å². The van der Waals surface area contributed by atoms with E-state index in [0.717, 1.165) is 17.7 Å². The number of hydrogen-bond acceptors (Lipinski definition) is 3. The van der Waals surface area contributed by atoms with E-state index in [1.165, 1.54) is 12.1 Å². The number of nitrogens with zero attached hydrogens (tertiary/aromatic N) is 1. The first-order chi connectivity index (χ1) is 14.7. The van der Waals surface area contributed by atoms with Crippen LogP contribution >= 0.6 is 0 Å². The number of hydrogen-bond donors (Lipinski definition) is 4. The standard InChI is InChI=1S/C21H24F3N5O2/c1-2-26-20(29-12-15-5-9-17(10-6-15)21(22,23)24)28-11-14-3-7-16(8-4-14)19(31)27-13-18(25)30/h3-10H,2,11-13H2,1H3,(H2,25,30)(H,27,31)(H2,26,28,29). The Balaban J connectivity index is 1.94. The van der Waals surface area contributed by atoms with Crippen molar-refractivity contribution in [3.8, 4) is 0 Å². The van der Waals surface area contributed by atoms with Crippen LogP contribution < -0.4 is 21.7 Å². The molecule has 0 spiro atoms. The molecule has 0 saturated heterocycles. The molecule has 0 bridgehead atoms. The zero-order valence-corrected chi connectivity index (χ0v) is 16.9. The number of benzene rings is 2. The summed E-state index contributed by atoms with van der Waals surface area (Å²) in [4.78, 5) is 27.0. The number of amides is 2. The first kappa shape index (κ1) is 23.7. The van der Waals surface area contributed by atoms with Crippen LogP contribution in [0.4, 0.5) is 13.2 Å². The monoisotopic (exact) mass is 435 g/mol. The Hall–Kier alpha value is -3.56. The van der Waals surface area contributed by atoms with Gasteiger partial charge in [-0.25, -0.2) is 4.99 Å². The van der Waals surface area contributed by atoms with Gasteiger partial charge in [-0.1, -0.05) is 24.3 Å². The van der Waals surface area contributed by atoms with Crippen molar-refractivity contribution in [1.82, 2.24) is 16.0 Å². The lowest BCUT2D eigenvalue weighted by Crippen LogP contribution is -2.36. The van der Waals surface area contributed by atoms with E-state index in [1.54, 1.807) is 24.3 Å². The molecule has 0 aliphatic rings. The van der Waals surface area contributed by atoms with Gasteiger partial charge in [0.05, 0.1) is 18.7 Å². The minimum absolute atomic E-state index is 0.235. The number of carbonyl (C=O) groups excluding carboxylic acids is 2. The number of primary amides is 1. The van der Waals surface area contributed by atoms with Gasteiger partial charge < -0.3 is 21.7 Å². The van der Waals surface area contributed by atoms with Crippen molar-refractivity contribution in [3.05, 3.63) is 70.8 Å². The van der Waals surface area contributed by atoms with Gasteiger partial charge in [0.25, 0.3) is 5.91 Å². The Morgan fingerprint density at radius 1 is 0.935 bits per heavy atom. The Morgan fingerprint density at radius 2 is 1.55 bits per heavy atom. The second-order valence-electron chi connectivity index (χ2n) is 6.59. The zero-order valence-electron chi connectivity index (χ0n) is 16.9. The summed E-state index contributed by atoms with van der Waals surface area (Å²) in [7, 11) is 0. The van der Waals surface area contributed by atoms with Crippen molar-refractivity contribution in [1.29, 1.82) is 0 Å². The number of halogens is 3. The minimum atomic E-state index is -4.36. The number of alkyl halides is 3. The van der Waals surface area contributed by atoms with Crippen molar-refractivity contribution in [2.24, 2.45) is 10.7 Å². The van der Waals surface area contributed by atoms with Crippen molar-refractivity contribution >= 4 is 17.8 Å². The van der Waals surface area contributed by atoms with Gasteiger partial charge in [-0.3, -0.25) is 9.59 Å². The fourth-order valence-corrected chi connectivity index (χ4v) is 2.54. The second kappa shape index (κ2) is 11.0. The summed E-state index contributed by atoms with van der Waals surface area (Å²) in [6, 6.07) is 11.6. The molecule has 2 amide bonds. The van der Waals surface area contributed by atoms with Gasteiger partial charge in [0.1, 0.15) is 0 Å². The molecule has 2 aromatic rings. The molecule has 0 aliphatic heterocycles. The van der Waals surface area contributed by atoms with E-state index >= 15 is 0 Å². The fourth-order valence-electron chi connectivity index (χ4n) is 2.54. The average molecular weight is 435 g/mol. The van der Waals surface area contributed by atoms with E-state index in [1.807, 2.05) is 6.92 Å². The van der Waals surface area contributed by atoms with Crippen molar-refractivity contribution in [3.63, 3.8) is 0 Å². The number of aliphatic imine (C=N–C) groups is 1. The van der Waals surface area contributed by atoms with E-state index in [9.17, 15) is 22.8 Å². The lowest BCUT2D eigenvalue weighted by Gasteiger charge is -2.12. The van der Waals surface area contributed by atoms with Gasteiger partial charge in [0.15, 0.2) is 5.96 Å². The SMILES string of the molecule is CCNC(=NCc1ccc(C(=O)NCC(N)=O)cc1)NCc1ccc(C(F)(F)F)cc1.